The molecule has 1 heterocycles. The summed E-state index contributed by atoms with van der Waals surface area (Å²) < 4.78 is 44.2. The van der Waals surface area contributed by atoms with Crippen molar-refractivity contribution in [2.45, 2.75) is 4.90 Å². The van der Waals surface area contributed by atoms with Gasteiger partial charge in [-0.3, -0.25) is 9.52 Å². The van der Waals surface area contributed by atoms with Crippen molar-refractivity contribution in [2.75, 3.05) is 24.5 Å². The number of halogens is 2. The van der Waals surface area contributed by atoms with Crippen LogP contribution in [0, 0.1) is 0 Å². The Kier molecular flexibility index (Phi) is 6.97. The molecule has 0 fully saturated rings. The molecule has 0 saturated heterocycles. The molecule has 1 aliphatic heterocycles. The minimum absolute atomic E-state index is 0.0179. The van der Waals surface area contributed by atoms with Crippen molar-refractivity contribution in [2.24, 2.45) is 0 Å². The maximum absolute atomic E-state index is 12.9. The fourth-order valence-electron chi connectivity index (χ4n) is 3.14. The van der Waals surface area contributed by atoms with E-state index in [-0.39, 0.29) is 26.7 Å². The van der Waals surface area contributed by atoms with Crippen LogP contribution in [-0.4, -0.2) is 40.0 Å². The van der Waals surface area contributed by atoms with Gasteiger partial charge < -0.3 is 14.2 Å². The highest BCUT2D eigenvalue weighted by Gasteiger charge is 2.23. The predicted octanol–water partition coefficient (Wildman–Crippen LogP) is 4.61. The predicted molar refractivity (Wildman–Crippen MR) is 126 cm³/mol. The standard InChI is InChI=1S/C23H17Cl2NO7S/c24-14-5-7-18(25)17(11-14)20(27)13-33-23(28)16-3-1-2-4-19(16)26-34(29,30)15-6-8-21-22(12-15)32-10-9-31-21/h1-8,11-12,26H,9-10,13H2. The van der Waals surface area contributed by atoms with Crippen LogP contribution in [0.2, 0.25) is 10.0 Å². The molecule has 0 unspecified atom stereocenters. The summed E-state index contributed by atoms with van der Waals surface area (Å²) in [5.41, 5.74) is 0.0128. The quantitative estimate of drug-likeness (QED) is 0.357. The number of ether oxygens (including phenoxy) is 3. The summed E-state index contributed by atoms with van der Waals surface area (Å²) in [6.07, 6.45) is 0. The molecule has 0 atom stereocenters. The van der Waals surface area contributed by atoms with Gasteiger partial charge in [0.2, 0.25) is 5.78 Å². The molecule has 8 nitrogen and oxygen atoms in total. The van der Waals surface area contributed by atoms with Gasteiger partial charge in [0.1, 0.15) is 13.2 Å². The van der Waals surface area contributed by atoms with Crippen molar-refractivity contribution in [3.05, 3.63) is 81.8 Å². The molecule has 0 aliphatic carbocycles. The molecule has 4 rings (SSSR count). The first-order valence-corrected chi connectivity index (χ1v) is 12.2. The van der Waals surface area contributed by atoms with E-state index < -0.39 is 28.4 Å². The number of esters is 1. The third kappa shape index (κ3) is 5.27. The van der Waals surface area contributed by atoms with Gasteiger partial charge in [0.15, 0.2) is 18.1 Å². The van der Waals surface area contributed by atoms with E-state index in [1.807, 2.05) is 0 Å². The maximum Gasteiger partial charge on any atom is 0.340 e. The SMILES string of the molecule is O=C(COC(=O)c1ccccc1NS(=O)(=O)c1ccc2c(c1)OCCO2)c1cc(Cl)ccc1Cl. The summed E-state index contributed by atoms with van der Waals surface area (Å²) in [5.74, 6) is -0.708. The Balaban J connectivity index is 1.50. The van der Waals surface area contributed by atoms with E-state index >= 15 is 0 Å². The van der Waals surface area contributed by atoms with Gasteiger partial charge in [-0.05, 0) is 42.5 Å². The monoisotopic (exact) mass is 521 g/mol. The number of hydrogen-bond acceptors (Lipinski definition) is 7. The van der Waals surface area contributed by atoms with Crippen molar-refractivity contribution in [1.82, 2.24) is 0 Å². The van der Waals surface area contributed by atoms with E-state index in [2.05, 4.69) is 4.72 Å². The summed E-state index contributed by atoms with van der Waals surface area (Å²) in [5, 5.41) is 0.469. The largest absolute Gasteiger partial charge is 0.486 e. The first-order valence-electron chi connectivity index (χ1n) is 9.91. The second-order valence-corrected chi connectivity index (χ2v) is 9.61. The van der Waals surface area contributed by atoms with Crippen LogP contribution < -0.4 is 14.2 Å². The lowest BCUT2D eigenvalue weighted by atomic mass is 10.1. The van der Waals surface area contributed by atoms with Gasteiger partial charge in [0.25, 0.3) is 10.0 Å². The van der Waals surface area contributed by atoms with Crippen molar-refractivity contribution in [3.8, 4) is 11.5 Å². The molecule has 0 radical (unpaired) electrons. The van der Waals surface area contributed by atoms with E-state index in [0.29, 0.717) is 29.7 Å². The molecule has 0 bridgehead atoms. The van der Waals surface area contributed by atoms with Crippen molar-refractivity contribution >= 4 is 50.7 Å². The van der Waals surface area contributed by atoms with E-state index in [1.54, 1.807) is 6.07 Å². The Morgan fingerprint density at radius 2 is 1.65 bits per heavy atom. The summed E-state index contributed by atoms with van der Waals surface area (Å²) in [6.45, 7) is 0.0682. The van der Waals surface area contributed by atoms with Crippen LogP contribution in [0.15, 0.2) is 65.6 Å². The average molecular weight is 522 g/mol. The molecule has 0 aromatic heterocycles. The zero-order valence-electron chi connectivity index (χ0n) is 17.4. The number of fused-ring (bicyclic) bond motifs is 1. The van der Waals surface area contributed by atoms with Gasteiger partial charge in [-0.2, -0.15) is 0 Å². The highest BCUT2D eigenvalue weighted by atomic mass is 35.5. The maximum atomic E-state index is 12.9. The molecule has 11 heteroatoms. The molecule has 176 valence electrons. The van der Waals surface area contributed by atoms with Crippen LogP contribution in [0.1, 0.15) is 20.7 Å². The summed E-state index contributed by atoms with van der Waals surface area (Å²) >= 11 is 11.9. The third-order valence-electron chi connectivity index (χ3n) is 4.78. The Morgan fingerprint density at radius 1 is 0.912 bits per heavy atom. The van der Waals surface area contributed by atoms with Gasteiger partial charge in [0, 0.05) is 16.7 Å². The number of carbonyl (C=O) groups is 2. The topological polar surface area (TPSA) is 108 Å². The lowest BCUT2D eigenvalue weighted by Crippen LogP contribution is -2.19. The molecule has 0 amide bonds. The van der Waals surface area contributed by atoms with Gasteiger partial charge in [0.05, 0.1) is 21.2 Å². The molecule has 3 aromatic carbocycles. The Labute approximate surface area is 205 Å². The molecule has 1 N–H and O–H groups in total. The zero-order chi connectivity index (χ0) is 24.3. The minimum atomic E-state index is -4.08. The van der Waals surface area contributed by atoms with Crippen LogP contribution in [-0.2, 0) is 14.8 Å². The minimum Gasteiger partial charge on any atom is -0.486 e. The highest BCUT2D eigenvalue weighted by molar-refractivity contribution is 7.92. The molecule has 0 spiro atoms. The number of Topliss-reactive ketones (excluding diaryl/α,β-unsaturated/α-hetero) is 1. The molecule has 0 saturated carbocycles. The molecule has 1 aliphatic rings. The van der Waals surface area contributed by atoms with Crippen LogP contribution in [0.3, 0.4) is 0 Å². The first kappa shape index (κ1) is 23.9. The fraction of sp³-hybridized carbons (Fsp3) is 0.130. The zero-order valence-corrected chi connectivity index (χ0v) is 19.7. The number of nitrogens with one attached hydrogen (secondary N) is 1. The van der Waals surface area contributed by atoms with Crippen LogP contribution in [0.25, 0.3) is 0 Å². The number of benzene rings is 3. The van der Waals surface area contributed by atoms with Crippen molar-refractivity contribution in [3.63, 3.8) is 0 Å². The van der Waals surface area contributed by atoms with Crippen LogP contribution in [0.5, 0.6) is 11.5 Å². The Morgan fingerprint density at radius 3 is 2.44 bits per heavy atom. The normalized spacial score (nSPS) is 12.6. The summed E-state index contributed by atoms with van der Waals surface area (Å²) in [7, 11) is -4.08. The van der Waals surface area contributed by atoms with Gasteiger partial charge in [-0.15, -0.1) is 0 Å². The number of ketones is 1. The summed E-state index contributed by atoms with van der Waals surface area (Å²) in [6, 6.07) is 14.4. The van der Waals surface area contributed by atoms with Gasteiger partial charge in [-0.1, -0.05) is 35.3 Å². The second-order valence-electron chi connectivity index (χ2n) is 7.08. The number of sulfonamides is 1. The summed E-state index contributed by atoms with van der Waals surface area (Å²) in [4.78, 5) is 25.0. The van der Waals surface area contributed by atoms with Crippen LogP contribution in [0.4, 0.5) is 5.69 Å². The third-order valence-corrected chi connectivity index (χ3v) is 6.71. The number of hydrogen-bond donors (Lipinski definition) is 1. The van der Waals surface area contributed by atoms with E-state index in [4.69, 9.17) is 37.4 Å². The first-order chi connectivity index (χ1) is 16.2. The number of anilines is 1. The lowest BCUT2D eigenvalue weighted by molar-refractivity contribution is 0.0476. The average Bonchev–Trinajstić information content (AvgIpc) is 2.83. The number of rotatable bonds is 7. The molecular weight excluding hydrogens is 505 g/mol. The number of para-hydroxylation sites is 1. The Hall–Kier alpha value is -3.27. The lowest BCUT2D eigenvalue weighted by Gasteiger charge is -2.19. The van der Waals surface area contributed by atoms with Crippen LogP contribution >= 0.6 is 23.2 Å². The van der Waals surface area contributed by atoms with Crippen molar-refractivity contribution < 1.29 is 32.2 Å². The molecular formula is C23H17Cl2NO7S. The van der Waals surface area contributed by atoms with Gasteiger partial charge >= 0.3 is 5.97 Å². The van der Waals surface area contributed by atoms with E-state index in [1.165, 1.54) is 54.6 Å². The van der Waals surface area contributed by atoms with E-state index in [9.17, 15) is 18.0 Å². The fourth-order valence-corrected chi connectivity index (χ4v) is 4.63. The second kappa shape index (κ2) is 9.92. The van der Waals surface area contributed by atoms with Gasteiger partial charge in [-0.25, -0.2) is 13.2 Å². The highest BCUT2D eigenvalue weighted by Crippen LogP contribution is 2.33. The van der Waals surface area contributed by atoms with E-state index in [0.717, 1.165) is 0 Å². The molecule has 34 heavy (non-hydrogen) atoms. The molecule has 3 aromatic rings. The smallest absolute Gasteiger partial charge is 0.340 e. The Bertz CT molecular complexity index is 1380. The van der Waals surface area contributed by atoms with Crippen molar-refractivity contribution in [1.29, 1.82) is 0 Å². The number of carbonyl (C=O) groups excluding carboxylic acids is 2.